The SMILES string of the molecule is CCOC(=O)C1=C(c2ccccc2)N=c2s/c(=C\c3cn(CC)c4ccccc34)c(=O)n2[C@H]1c1ccc(C(C)C)cc1. The quantitative estimate of drug-likeness (QED) is 0.223. The first kappa shape index (κ1) is 27.7. The van der Waals surface area contributed by atoms with E-state index in [0.29, 0.717) is 26.5 Å². The van der Waals surface area contributed by atoms with Gasteiger partial charge in [0.15, 0.2) is 4.80 Å². The molecule has 0 bridgehead atoms. The molecular formula is C35H33N3O3S. The minimum absolute atomic E-state index is 0.182. The van der Waals surface area contributed by atoms with Gasteiger partial charge in [-0.25, -0.2) is 9.79 Å². The van der Waals surface area contributed by atoms with Gasteiger partial charge in [-0.3, -0.25) is 9.36 Å². The molecule has 3 aromatic carbocycles. The van der Waals surface area contributed by atoms with Crippen molar-refractivity contribution < 1.29 is 9.53 Å². The van der Waals surface area contributed by atoms with E-state index in [9.17, 15) is 9.59 Å². The first-order chi connectivity index (χ1) is 20.4. The Labute approximate surface area is 248 Å². The fraction of sp³-hybridized carbons (Fsp3) is 0.229. The van der Waals surface area contributed by atoms with Crippen LogP contribution in [0.15, 0.2) is 100 Å². The van der Waals surface area contributed by atoms with Crippen LogP contribution in [0.2, 0.25) is 0 Å². The van der Waals surface area contributed by atoms with Crippen LogP contribution >= 0.6 is 11.3 Å². The number of aryl methyl sites for hydroxylation is 1. The third kappa shape index (κ3) is 4.84. The van der Waals surface area contributed by atoms with Crippen molar-refractivity contribution in [2.75, 3.05) is 6.61 Å². The molecule has 2 aromatic heterocycles. The lowest BCUT2D eigenvalue weighted by atomic mass is 9.91. The highest BCUT2D eigenvalue weighted by molar-refractivity contribution is 7.07. The van der Waals surface area contributed by atoms with Crippen molar-refractivity contribution in [3.63, 3.8) is 0 Å². The standard InChI is InChI=1S/C35H33N3O3S/c1-5-37-21-26(27-14-10-11-15-28(27)37)20-29-33(39)38-32(25-18-16-23(17-19-25)22(3)4)30(34(40)41-6-2)31(36-35(38)42-29)24-12-8-7-9-13-24/h7-22,32H,5-6H2,1-4H3/b29-20-/t32-/m0/s1. The summed E-state index contributed by atoms with van der Waals surface area (Å²) in [5.74, 6) is -0.121. The van der Waals surface area contributed by atoms with E-state index in [1.165, 1.54) is 16.9 Å². The van der Waals surface area contributed by atoms with Crippen LogP contribution in [0.4, 0.5) is 0 Å². The molecule has 1 atom stereocenters. The lowest BCUT2D eigenvalue weighted by Gasteiger charge is -2.26. The molecule has 0 radical (unpaired) electrons. The molecule has 0 amide bonds. The van der Waals surface area contributed by atoms with Gasteiger partial charge in [-0.05, 0) is 43.0 Å². The number of nitrogens with zero attached hydrogens (tertiary/aromatic N) is 3. The summed E-state index contributed by atoms with van der Waals surface area (Å²) in [5, 5.41) is 1.09. The van der Waals surface area contributed by atoms with Gasteiger partial charge in [-0.1, -0.05) is 98.0 Å². The Hall–Kier alpha value is -4.49. The number of para-hydroxylation sites is 1. The zero-order chi connectivity index (χ0) is 29.4. The van der Waals surface area contributed by atoms with Crippen molar-refractivity contribution in [3.05, 3.63) is 133 Å². The van der Waals surface area contributed by atoms with Crippen molar-refractivity contribution in [2.24, 2.45) is 4.99 Å². The van der Waals surface area contributed by atoms with E-state index in [1.54, 1.807) is 11.5 Å². The maximum atomic E-state index is 14.3. The number of fused-ring (bicyclic) bond motifs is 2. The van der Waals surface area contributed by atoms with Gasteiger partial charge in [0.2, 0.25) is 0 Å². The van der Waals surface area contributed by atoms with Gasteiger partial charge < -0.3 is 9.30 Å². The molecule has 0 spiro atoms. The molecule has 1 aliphatic heterocycles. The molecule has 6 rings (SSSR count). The maximum absolute atomic E-state index is 14.3. The number of benzene rings is 3. The van der Waals surface area contributed by atoms with Gasteiger partial charge in [-0.2, -0.15) is 0 Å². The normalized spacial score (nSPS) is 15.3. The molecule has 6 nitrogen and oxygen atoms in total. The number of aromatic nitrogens is 2. The second kappa shape index (κ2) is 11.4. The molecule has 5 aromatic rings. The van der Waals surface area contributed by atoms with Crippen LogP contribution in [0.1, 0.15) is 61.9 Å². The number of rotatable bonds is 7. The summed E-state index contributed by atoms with van der Waals surface area (Å²) in [6, 6.07) is 25.3. The van der Waals surface area contributed by atoms with Gasteiger partial charge in [0.25, 0.3) is 5.56 Å². The largest absolute Gasteiger partial charge is 0.463 e. The molecule has 0 fully saturated rings. The molecule has 0 N–H and O–H groups in total. The van der Waals surface area contributed by atoms with Crippen LogP contribution in [-0.4, -0.2) is 21.7 Å². The Bertz CT molecular complexity index is 1990. The van der Waals surface area contributed by atoms with E-state index in [4.69, 9.17) is 9.73 Å². The van der Waals surface area contributed by atoms with Crippen molar-refractivity contribution in [2.45, 2.75) is 46.2 Å². The molecular weight excluding hydrogens is 542 g/mol. The first-order valence-corrected chi connectivity index (χ1v) is 15.2. The van der Waals surface area contributed by atoms with Gasteiger partial charge in [0.05, 0.1) is 28.5 Å². The average Bonchev–Trinajstić information content (AvgIpc) is 3.53. The number of hydrogen-bond acceptors (Lipinski definition) is 5. The zero-order valence-corrected chi connectivity index (χ0v) is 25.0. The van der Waals surface area contributed by atoms with Crippen LogP contribution in [0.5, 0.6) is 0 Å². The van der Waals surface area contributed by atoms with Crippen molar-refractivity contribution >= 4 is 40.0 Å². The van der Waals surface area contributed by atoms with Crippen LogP contribution < -0.4 is 14.9 Å². The van der Waals surface area contributed by atoms with Gasteiger partial charge in [-0.15, -0.1) is 0 Å². The Balaban J connectivity index is 1.64. The second-order valence-corrected chi connectivity index (χ2v) is 11.6. The minimum atomic E-state index is -0.684. The van der Waals surface area contributed by atoms with E-state index in [2.05, 4.69) is 55.8 Å². The smallest absolute Gasteiger partial charge is 0.338 e. The summed E-state index contributed by atoms with van der Waals surface area (Å²) < 4.78 is 10.0. The van der Waals surface area contributed by atoms with Gasteiger partial charge >= 0.3 is 5.97 Å². The van der Waals surface area contributed by atoms with Crippen molar-refractivity contribution in [3.8, 4) is 0 Å². The van der Waals surface area contributed by atoms with Gasteiger partial charge in [0, 0.05) is 34.8 Å². The number of ether oxygens (including phenoxy) is 1. The Morgan fingerprint density at radius 3 is 2.40 bits per heavy atom. The number of hydrogen-bond donors (Lipinski definition) is 0. The third-order valence-corrected chi connectivity index (χ3v) is 8.72. The first-order valence-electron chi connectivity index (χ1n) is 14.4. The van der Waals surface area contributed by atoms with Crippen molar-refractivity contribution in [1.29, 1.82) is 0 Å². The molecule has 7 heteroatoms. The van der Waals surface area contributed by atoms with Crippen molar-refractivity contribution in [1.82, 2.24) is 9.13 Å². The van der Waals surface area contributed by atoms with E-state index in [-0.39, 0.29) is 12.2 Å². The van der Waals surface area contributed by atoms with Gasteiger partial charge in [0.1, 0.15) is 0 Å². The molecule has 42 heavy (non-hydrogen) atoms. The maximum Gasteiger partial charge on any atom is 0.338 e. The Morgan fingerprint density at radius 2 is 1.71 bits per heavy atom. The predicted molar refractivity (Wildman–Crippen MR) is 169 cm³/mol. The van der Waals surface area contributed by atoms with E-state index in [0.717, 1.165) is 34.1 Å². The summed E-state index contributed by atoms with van der Waals surface area (Å²) in [7, 11) is 0. The third-order valence-electron chi connectivity index (χ3n) is 7.74. The number of thiazole rings is 1. The lowest BCUT2D eigenvalue weighted by molar-refractivity contribution is -0.138. The topological polar surface area (TPSA) is 65.6 Å². The Kier molecular flexibility index (Phi) is 7.52. The summed E-state index contributed by atoms with van der Waals surface area (Å²) in [6.45, 7) is 9.22. The van der Waals surface area contributed by atoms with Crippen LogP contribution in [0.3, 0.4) is 0 Å². The molecule has 212 valence electrons. The van der Waals surface area contributed by atoms with Crippen LogP contribution in [0, 0.1) is 0 Å². The van der Waals surface area contributed by atoms with E-state index >= 15 is 0 Å². The highest BCUT2D eigenvalue weighted by Crippen LogP contribution is 2.35. The highest BCUT2D eigenvalue weighted by Gasteiger charge is 2.35. The number of carbonyl (C=O) groups excluding carboxylic acids is 1. The molecule has 1 aliphatic rings. The number of carbonyl (C=O) groups is 1. The zero-order valence-electron chi connectivity index (χ0n) is 24.2. The molecule has 0 saturated carbocycles. The Morgan fingerprint density at radius 1 is 1.00 bits per heavy atom. The summed E-state index contributed by atoms with van der Waals surface area (Å²) in [4.78, 5) is 33.5. The highest BCUT2D eigenvalue weighted by atomic mass is 32.1. The number of esters is 1. The minimum Gasteiger partial charge on any atom is -0.463 e. The molecule has 0 saturated heterocycles. The predicted octanol–water partition coefficient (Wildman–Crippen LogP) is 6.03. The lowest BCUT2D eigenvalue weighted by Crippen LogP contribution is -2.40. The molecule has 3 heterocycles. The summed E-state index contributed by atoms with van der Waals surface area (Å²) >= 11 is 1.35. The van der Waals surface area contributed by atoms with E-state index in [1.807, 2.05) is 60.7 Å². The summed E-state index contributed by atoms with van der Waals surface area (Å²) in [5.41, 5.74) is 5.63. The average molecular weight is 576 g/mol. The fourth-order valence-electron chi connectivity index (χ4n) is 5.61. The monoisotopic (exact) mass is 575 g/mol. The fourth-order valence-corrected chi connectivity index (χ4v) is 6.60. The summed E-state index contributed by atoms with van der Waals surface area (Å²) in [6.07, 6.45) is 4.04. The van der Waals surface area contributed by atoms with Crippen LogP contribution in [-0.2, 0) is 16.1 Å². The molecule has 0 aliphatic carbocycles. The van der Waals surface area contributed by atoms with Crippen LogP contribution in [0.25, 0.3) is 22.7 Å². The second-order valence-electron chi connectivity index (χ2n) is 10.6. The molecule has 0 unspecified atom stereocenters. The van der Waals surface area contributed by atoms with E-state index < -0.39 is 12.0 Å².